The van der Waals surface area contributed by atoms with E-state index in [-0.39, 0.29) is 16.7 Å². The lowest BCUT2D eigenvalue weighted by Gasteiger charge is -2.22. The predicted molar refractivity (Wildman–Crippen MR) is 114 cm³/mol. The second-order valence-electron chi connectivity index (χ2n) is 7.52. The van der Waals surface area contributed by atoms with Gasteiger partial charge in [-0.2, -0.15) is 0 Å². The Balaban J connectivity index is 1.94. The summed E-state index contributed by atoms with van der Waals surface area (Å²) in [6, 6.07) is 19.8. The Bertz CT molecular complexity index is 940. The maximum Gasteiger partial charge on any atom is 0.233 e. The molecule has 1 N–H and O–H groups in total. The standard InChI is InChI=1S/C22H24N4OS/c1-15(20(27)24-22(2,3)4)28-21-23-18(16-11-7-5-8-12-16)19(25-26-21)17-13-9-6-10-14-17/h5-15H,1-4H3,(H,24,27). The molecule has 28 heavy (non-hydrogen) atoms. The van der Waals surface area contributed by atoms with Gasteiger partial charge < -0.3 is 5.32 Å². The zero-order valence-corrected chi connectivity index (χ0v) is 17.3. The van der Waals surface area contributed by atoms with Crippen molar-refractivity contribution in [2.24, 2.45) is 0 Å². The number of carbonyl (C=O) groups is 1. The van der Waals surface area contributed by atoms with Crippen molar-refractivity contribution >= 4 is 17.7 Å². The minimum absolute atomic E-state index is 0.0468. The quantitative estimate of drug-likeness (QED) is 0.643. The fourth-order valence-corrected chi connectivity index (χ4v) is 3.35. The number of nitrogens with one attached hydrogen (secondary N) is 1. The van der Waals surface area contributed by atoms with E-state index in [1.165, 1.54) is 11.8 Å². The van der Waals surface area contributed by atoms with E-state index in [0.29, 0.717) is 5.16 Å². The fraction of sp³-hybridized carbons (Fsp3) is 0.273. The van der Waals surface area contributed by atoms with E-state index in [1.54, 1.807) is 0 Å². The first kappa shape index (κ1) is 20.0. The highest BCUT2D eigenvalue weighted by atomic mass is 32.2. The van der Waals surface area contributed by atoms with Crippen molar-refractivity contribution in [3.8, 4) is 22.5 Å². The van der Waals surface area contributed by atoms with Crippen LogP contribution in [0.3, 0.4) is 0 Å². The molecule has 0 fully saturated rings. The monoisotopic (exact) mass is 392 g/mol. The molecule has 1 unspecified atom stereocenters. The number of amides is 1. The SMILES string of the molecule is CC(Sc1nnc(-c2ccccc2)c(-c2ccccc2)n1)C(=O)NC(C)(C)C. The second-order valence-corrected chi connectivity index (χ2v) is 8.83. The Hall–Kier alpha value is -2.73. The van der Waals surface area contributed by atoms with Crippen molar-refractivity contribution in [1.29, 1.82) is 0 Å². The van der Waals surface area contributed by atoms with Crippen molar-refractivity contribution in [3.05, 3.63) is 60.7 Å². The molecule has 2 aromatic carbocycles. The molecule has 1 atom stereocenters. The molecule has 0 aliphatic carbocycles. The molecule has 1 heterocycles. The van der Waals surface area contributed by atoms with Crippen molar-refractivity contribution in [3.63, 3.8) is 0 Å². The number of nitrogens with zero attached hydrogens (tertiary/aromatic N) is 3. The number of hydrogen-bond donors (Lipinski definition) is 1. The van der Waals surface area contributed by atoms with E-state index < -0.39 is 0 Å². The lowest BCUT2D eigenvalue weighted by molar-refractivity contribution is -0.121. The molecular weight excluding hydrogens is 368 g/mol. The normalized spacial score (nSPS) is 12.4. The maximum atomic E-state index is 12.4. The molecule has 0 aliphatic rings. The molecule has 144 valence electrons. The first-order chi connectivity index (χ1) is 13.3. The highest BCUT2D eigenvalue weighted by Crippen LogP contribution is 2.30. The molecular formula is C22H24N4OS. The van der Waals surface area contributed by atoms with Gasteiger partial charge >= 0.3 is 0 Å². The number of thioether (sulfide) groups is 1. The topological polar surface area (TPSA) is 67.8 Å². The fourth-order valence-electron chi connectivity index (χ4n) is 2.63. The molecule has 1 aromatic heterocycles. The van der Waals surface area contributed by atoms with E-state index in [0.717, 1.165) is 22.5 Å². The third-order valence-electron chi connectivity index (χ3n) is 3.91. The van der Waals surface area contributed by atoms with Gasteiger partial charge in [-0.05, 0) is 27.7 Å². The Morgan fingerprint density at radius 2 is 1.43 bits per heavy atom. The lowest BCUT2D eigenvalue weighted by atomic mass is 10.0. The summed E-state index contributed by atoms with van der Waals surface area (Å²) < 4.78 is 0. The molecule has 0 radical (unpaired) electrons. The van der Waals surface area contributed by atoms with Gasteiger partial charge in [0.15, 0.2) is 0 Å². The first-order valence-corrected chi connectivity index (χ1v) is 10.1. The highest BCUT2D eigenvalue weighted by Gasteiger charge is 2.22. The zero-order valence-electron chi connectivity index (χ0n) is 16.5. The zero-order chi connectivity index (χ0) is 20.1. The number of rotatable bonds is 5. The molecule has 3 aromatic rings. The Morgan fingerprint density at radius 3 is 1.96 bits per heavy atom. The summed E-state index contributed by atoms with van der Waals surface area (Å²) in [5.74, 6) is -0.0468. The van der Waals surface area contributed by atoms with Gasteiger partial charge in [0.25, 0.3) is 0 Å². The Kier molecular flexibility index (Phi) is 6.09. The average molecular weight is 393 g/mol. The molecule has 0 bridgehead atoms. The van der Waals surface area contributed by atoms with E-state index in [4.69, 9.17) is 4.98 Å². The van der Waals surface area contributed by atoms with Crippen molar-refractivity contribution < 1.29 is 4.79 Å². The summed E-state index contributed by atoms with van der Waals surface area (Å²) in [6.45, 7) is 7.73. The number of benzene rings is 2. The predicted octanol–water partition coefficient (Wildman–Crippen LogP) is 4.60. The first-order valence-electron chi connectivity index (χ1n) is 9.18. The minimum Gasteiger partial charge on any atom is -0.351 e. The van der Waals surface area contributed by atoms with Crippen LogP contribution in [0.4, 0.5) is 0 Å². The highest BCUT2D eigenvalue weighted by molar-refractivity contribution is 8.00. The van der Waals surface area contributed by atoms with Crippen LogP contribution in [0.15, 0.2) is 65.8 Å². The van der Waals surface area contributed by atoms with Crippen LogP contribution < -0.4 is 5.32 Å². The molecule has 0 saturated heterocycles. The van der Waals surface area contributed by atoms with Crippen LogP contribution in [0.5, 0.6) is 0 Å². The van der Waals surface area contributed by atoms with Gasteiger partial charge in [-0.15, -0.1) is 10.2 Å². The van der Waals surface area contributed by atoms with Gasteiger partial charge in [0, 0.05) is 16.7 Å². The third-order valence-corrected chi connectivity index (χ3v) is 4.86. The molecule has 5 nitrogen and oxygen atoms in total. The van der Waals surface area contributed by atoms with Crippen LogP contribution in [-0.4, -0.2) is 31.9 Å². The van der Waals surface area contributed by atoms with Crippen molar-refractivity contribution in [1.82, 2.24) is 20.5 Å². The van der Waals surface area contributed by atoms with Crippen LogP contribution in [0.1, 0.15) is 27.7 Å². The molecule has 0 aliphatic heterocycles. The maximum absolute atomic E-state index is 12.4. The summed E-state index contributed by atoms with van der Waals surface area (Å²) in [5, 5.41) is 11.9. The van der Waals surface area contributed by atoms with Crippen LogP contribution in [0.25, 0.3) is 22.5 Å². The molecule has 1 amide bonds. The van der Waals surface area contributed by atoms with Gasteiger partial charge in [-0.25, -0.2) is 4.98 Å². The largest absolute Gasteiger partial charge is 0.351 e. The van der Waals surface area contributed by atoms with Gasteiger partial charge in [0.1, 0.15) is 11.4 Å². The van der Waals surface area contributed by atoms with E-state index in [1.807, 2.05) is 88.4 Å². The third kappa shape index (κ3) is 5.16. The average Bonchev–Trinajstić information content (AvgIpc) is 2.68. The summed E-state index contributed by atoms with van der Waals surface area (Å²) >= 11 is 1.31. The van der Waals surface area contributed by atoms with Crippen molar-refractivity contribution in [2.45, 2.75) is 43.6 Å². The molecule has 6 heteroatoms. The van der Waals surface area contributed by atoms with Gasteiger partial charge in [0.05, 0.1) is 5.25 Å². The summed E-state index contributed by atoms with van der Waals surface area (Å²) in [6.07, 6.45) is 0. The van der Waals surface area contributed by atoms with E-state index in [9.17, 15) is 4.79 Å². The van der Waals surface area contributed by atoms with Crippen molar-refractivity contribution in [2.75, 3.05) is 0 Å². The number of carbonyl (C=O) groups excluding carboxylic acids is 1. The van der Waals surface area contributed by atoms with Crippen LogP contribution >= 0.6 is 11.8 Å². The lowest BCUT2D eigenvalue weighted by Crippen LogP contribution is -2.44. The summed E-state index contributed by atoms with van der Waals surface area (Å²) in [4.78, 5) is 17.1. The number of hydrogen-bond acceptors (Lipinski definition) is 5. The minimum atomic E-state index is -0.327. The number of aromatic nitrogens is 3. The Labute approximate surface area is 170 Å². The van der Waals surface area contributed by atoms with Crippen LogP contribution in [-0.2, 0) is 4.79 Å². The van der Waals surface area contributed by atoms with E-state index in [2.05, 4.69) is 15.5 Å². The molecule has 0 saturated carbocycles. The van der Waals surface area contributed by atoms with Crippen LogP contribution in [0.2, 0.25) is 0 Å². The smallest absolute Gasteiger partial charge is 0.233 e. The summed E-state index contributed by atoms with van der Waals surface area (Å²) in [7, 11) is 0. The molecule has 3 rings (SSSR count). The van der Waals surface area contributed by atoms with Gasteiger partial charge in [-0.3, -0.25) is 4.79 Å². The second kappa shape index (κ2) is 8.52. The summed E-state index contributed by atoms with van der Waals surface area (Å²) in [5.41, 5.74) is 3.12. The van der Waals surface area contributed by atoms with Crippen LogP contribution in [0, 0.1) is 0 Å². The van der Waals surface area contributed by atoms with Gasteiger partial charge in [0.2, 0.25) is 11.1 Å². The van der Waals surface area contributed by atoms with E-state index >= 15 is 0 Å². The van der Waals surface area contributed by atoms with Gasteiger partial charge in [-0.1, -0.05) is 72.4 Å². The molecule has 0 spiro atoms. The Morgan fingerprint density at radius 1 is 0.893 bits per heavy atom.